The summed E-state index contributed by atoms with van der Waals surface area (Å²) in [5.41, 5.74) is 1.94. The minimum Gasteiger partial charge on any atom is -0.508 e. The average molecular weight is 439 g/mol. The molecule has 10 heteroatoms. The zero-order valence-electron chi connectivity index (χ0n) is 17.3. The smallest absolute Gasteiger partial charge is 0.255 e. The lowest BCUT2D eigenvalue weighted by atomic mass is 9.57. The second kappa shape index (κ2) is 6.91. The van der Waals surface area contributed by atoms with E-state index in [0.29, 0.717) is 5.56 Å². The van der Waals surface area contributed by atoms with Crippen LogP contribution in [0.3, 0.4) is 0 Å². The van der Waals surface area contributed by atoms with E-state index in [-0.39, 0.29) is 35.3 Å². The van der Waals surface area contributed by atoms with Crippen LogP contribution in [0.1, 0.15) is 23.1 Å². The SMILES string of the molecule is CN(C)C1C(=O)C(C(N)=O)=C(O)C2(O)C(=O)C3=C(O)c4c(O)ccc(C#N)c4CC3CC12. The third kappa shape index (κ3) is 2.55. The minimum absolute atomic E-state index is 0.0215. The van der Waals surface area contributed by atoms with E-state index in [1.807, 2.05) is 6.07 Å². The maximum atomic E-state index is 13.6. The maximum Gasteiger partial charge on any atom is 0.255 e. The molecular formula is C22H21N3O7. The van der Waals surface area contributed by atoms with Gasteiger partial charge in [0, 0.05) is 11.5 Å². The first-order chi connectivity index (χ1) is 15.0. The first kappa shape index (κ1) is 21.5. The highest BCUT2D eigenvalue weighted by atomic mass is 16.3. The number of primary amides is 1. The lowest BCUT2D eigenvalue weighted by Gasteiger charge is -2.50. The van der Waals surface area contributed by atoms with Gasteiger partial charge in [-0.1, -0.05) is 0 Å². The van der Waals surface area contributed by atoms with Crippen molar-refractivity contribution in [2.45, 2.75) is 24.5 Å². The molecule has 0 aliphatic heterocycles. The zero-order valence-corrected chi connectivity index (χ0v) is 17.3. The molecule has 3 aliphatic carbocycles. The lowest BCUT2D eigenvalue weighted by molar-refractivity contribution is -0.153. The Hall–Kier alpha value is -3.68. The Kier molecular flexibility index (Phi) is 4.66. The Balaban J connectivity index is 2.00. The number of hydrogen-bond donors (Lipinski definition) is 5. The van der Waals surface area contributed by atoms with Crippen molar-refractivity contribution in [1.29, 1.82) is 5.26 Å². The molecule has 4 atom stereocenters. The van der Waals surface area contributed by atoms with Crippen molar-refractivity contribution >= 4 is 23.2 Å². The highest BCUT2D eigenvalue weighted by molar-refractivity contribution is 6.24. The molecule has 4 rings (SSSR count). The molecule has 1 saturated carbocycles. The first-order valence-corrected chi connectivity index (χ1v) is 9.86. The highest BCUT2D eigenvalue weighted by Gasteiger charge is 2.64. The third-order valence-electron chi connectivity index (χ3n) is 6.72. The number of ketones is 2. The molecule has 0 heterocycles. The average Bonchev–Trinajstić information content (AvgIpc) is 2.70. The number of phenols is 1. The van der Waals surface area contributed by atoms with Gasteiger partial charge in [0.25, 0.3) is 5.91 Å². The van der Waals surface area contributed by atoms with Crippen LogP contribution in [0, 0.1) is 23.2 Å². The highest BCUT2D eigenvalue weighted by Crippen LogP contribution is 2.52. The van der Waals surface area contributed by atoms with E-state index in [2.05, 4.69) is 0 Å². The van der Waals surface area contributed by atoms with E-state index in [9.17, 15) is 40.1 Å². The molecular weight excluding hydrogens is 418 g/mol. The largest absolute Gasteiger partial charge is 0.508 e. The summed E-state index contributed by atoms with van der Waals surface area (Å²) in [5.74, 6) is -7.14. The number of fused-ring (bicyclic) bond motifs is 3. The normalized spacial score (nSPS) is 29.4. The molecule has 0 saturated heterocycles. The number of aliphatic hydroxyl groups excluding tert-OH is 2. The summed E-state index contributed by atoms with van der Waals surface area (Å²) in [6.07, 6.45) is 0.0676. The number of amides is 1. The van der Waals surface area contributed by atoms with Crippen molar-refractivity contribution in [2.24, 2.45) is 17.6 Å². The van der Waals surface area contributed by atoms with Gasteiger partial charge in [0.05, 0.1) is 23.2 Å². The Morgan fingerprint density at radius 1 is 1.25 bits per heavy atom. The van der Waals surface area contributed by atoms with Gasteiger partial charge in [-0.15, -0.1) is 0 Å². The quantitative estimate of drug-likeness (QED) is 0.390. The standard InChI is InChI=1S/C22H21N3O7/c1-25(2)16-11-6-9-5-10-8(7-23)3-4-12(26)14(10)17(27)13(9)19(29)22(11,32)20(30)15(18(16)28)21(24)31/h3-4,9,11,16,26-27,30,32H,5-6H2,1-2H3,(H2,24,31). The molecule has 0 spiro atoms. The zero-order chi connectivity index (χ0) is 23.7. The summed E-state index contributed by atoms with van der Waals surface area (Å²) >= 11 is 0. The molecule has 0 aromatic heterocycles. The van der Waals surface area contributed by atoms with Crippen LogP contribution < -0.4 is 5.73 Å². The molecule has 166 valence electrons. The van der Waals surface area contributed by atoms with Crippen molar-refractivity contribution in [2.75, 3.05) is 14.1 Å². The van der Waals surface area contributed by atoms with E-state index in [4.69, 9.17) is 5.73 Å². The summed E-state index contributed by atoms with van der Waals surface area (Å²) < 4.78 is 0. The molecule has 6 N–H and O–H groups in total. The molecule has 1 amide bonds. The number of nitriles is 1. The number of carbonyl (C=O) groups excluding carboxylic acids is 3. The number of hydrogen-bond acceptors (Lipinski definition) is 9. The monoisotopic (exact) mass is 439 g/mol. The number of benzene rings is 1. The Bertz CT molecular complexity index is 1210. The fraction of sp³-hybridized carbons (Fsp3) is 0.364. The topological polar surface area (TPSA) is 185 Å². The lowest BCUT2D eigenvalue weighted by Crippen LogP contribution is -2.65. The van der Waals surface area contributed by atoms with Gasteiger partial charge in [0.2, 0.25) is 5.78 Å². The number of nitrogens with zero attached hydrogens (tertiary/aromatic N) is 2. The number of phenolic OH excluding ortho intramolecular Hbond substituents is 1. The summed E-state index contributed by atoms with van der Waals surface area (Å²) in [4.78, 5) is 39.9. The number of aromatic hydroxyl groups is 1. The van der Waals surface area contributed by atoms with E-state index < -0.39 is 58.0 Å². The van der Waals surface area contributed by atoms with Gasteiger partial charge in [-0.2, -0.15) is 5.26 Å². The van der Waals surface area contributed by atoms with Crippen molar-refractivity contribution in [3.8, 4) is 11.8 Å². The molecule has 0 radical (unpaired) electrons. The molecule has 3 aliphatic rings. The Labute approximate surface area is 182 Å². The second-order valence-electron chi connectivity index (χ2n) is 8.56. The van der Waals surface area contributed by atoms with Gasteiger partial charge in [-0.05, 0) is 50.6 Å². The first-order valence-electron chi connectivity index (χ1n) is 9.86. The van der Waals surface area contributed by atoms with Crippen LogP contribution in [0.2, 0.25) is 0 Å². The number of likely N-dealkylation sites (N-methyl/N-ethyl adjacent to an activating group) is 1. The summed E-state index contributed by atoms with van der Waals surface area (Å²) in [6.45, 7) is 0. The minimum atomic E-state index is -2.67. The van der Waals surface area contributed by atoms with Gasteiger partial charge in [0.15, 0.2) is 11.4 Å². The van der Waals surface area contributed by atoms with Crippen LogP contribution >= 0.6 is 0 Å². The molecule has 1 aromatic rings. The van der Waals surface area contributed by atoms with Crippen LogP contribution in [0.15, 0.2) is 29.0 Å². The number of aliphatic hydroxyl groups is 3. The van der Waals surface area contributed by atoms with Crippen LogP contribution in [0.25, 0.3) is 5.76 Å². The number of carbonyl (C=O) groups is 3. The Morgan fingerprint density at radius 2 is 1.91 bits per heavy atom. The van der Waals surface area contributed by atoms with E-state index in [1.54, 1.807) is 0 Å². The van der Waals surface area contributed by atoms with Gasteiger partial charge < -0.3 is 26.2 Å². The second-order valence-corrected chi connectivity index (χ2v) is 8.56. The predicted molar refractivity (Wildman–Crippen MR) is 109 cm³/mol. The van der Waals surface area contributed by atoms with Crippen molar-refractivity contribution in [3.63, 3.8) is 0 Å². The van der Waals surface area contributed by atoms with Crippen LogP contribution in [0.4, 0.5) is 0 Å². The van der Waals surface area contributed by atoms with Gasteiger partial charge in [-0.25, -0.2) is 0 Å². The van der Waals surface area contributed by atoms with Crippen LogP contribution in [-0.2, 0) is 20.8 Å². The third-order valence-corrected chi connectivity index (χ3v) is 6.72. The molecule has 1 fully saturated rings. The molecule has 4 unspecified atom stereocenters. The van der Waals surface area contributed by atoms with Gasteiger partial charge in [0.1, 0.15) is 22.8 Å². The number of rotatable bonds is 2. The van der Waals surface area contributed by atoms with Crippen LogP contribution in [-0.4, -0.2) is 68.5 Å². The number of Topliss-reactive ketones (excluding diaryl/α,β-unsaturated/α-hetero) is 2. The maximum absolute atomic E-state index is 13.6. The molecule has 1 aromatic carbocycles. The van der Waals surface area contributed by atoms with Crippen molar-refractivity contribution in [3.05, 3.63) is 45.7 Å². The summed E-state index contributed by atoms with van der Waals surface area (Å²) in [7, 11) is 3.05. The molecule has 0 bridgehead atoms. The van der Waals surface area contributed by atoms with Crippen molar-refractivity contribution in [1.82, 2.24) is 4.90 Å². The van der Waals surface area contributed by atoms with E-state index in [0.717, 1.165) is 0 Å². The van der Waals surface area contributed by atoms with E-state index in [1.165, 1.54) is 31.1 Å². The summed E-state index contributed by atoms with van der Waals surface area (Å²) in [6, 6.07) is 3.45. The Morgan fingerprint density at radius 3 is 2.47 bits per heavy atom. The molecule has 32 heavy (non-hydrogen) atoms. The summed E-state index contributed by atoms with van der Waals surface area (Å²) in [5, 5.41) is 52.8. The van der Waals surface area contributed by atoms with Gasteiger partial charge in [-0.3, -0.25) is 19.3 Å². The fourth-order valence-corrected chi connectivity index (χ4v) is 5.35. The van der Waals surface area contributed by atoms with Crippen LogP contribution in [0.5, 0.6) is 5.75 Å². The van der Waals surface area contributed by atoms with E-state index >= 15 is 0 Å². The predicted octanol–water partition coefficient (Wildman–Crippen LogP) is -0.164. The van der Waals surface area contributed by atoms with Crippen molar-refractivity contribution < 1.29 is 34.8 Å². The molecule has 10 nitrogen and oxygen atoms in total. The van der Waals surface area contributed by atoms with Gasteiger partial charge >= 0.3 is 0 Å². The fourth-order valence-electron chi connectivity index (χ4n) is 5.35. The number of nitrogens with two attached hydrogens (primary N) is 1.